The Hall–Kier alpha value is -1.27. The minimum absolute atomic E-state index is 0.332. The zero-order valence-electron chi connectivity index (χ0n) is 7.01. The standard InChI is InChI=1S/C8H6BrN3O2/c9-6-1-5(7(14)3-13)2-12-4-10-11-8(6)12/h1-2,4,13H,3H2. The van der Waals surface area contributed by atoms with Gasteiger partial charge < -0.3 is 5.11 Å². The summed E-state index contributed by atoms with van der Waals surface area (Å²) in [5.74, 6) is -0.332. The molecular weight excluding hydrogens is 250 g/mol. The van der Waals surface area contributed by atoms with Gasteiger partial charge in [0.2, 0.25) is 0 Å². The van der Waals surface area contributed by atoms with Crippen LogP contribution in [0.4, 0.5) is 0 Å². The molecule has 2 aromatic heterocycles. The zero-order chi connectivity index (χ0) is 10.1. The van der Waals surface area contributed by atoms with Crippen LogP contribution in [0.25, 0.3) is 5.65 Å². The van der Waals surface area contributed by atoms with Crippen LogP contribution in [-0.4, -0.2) is 32.1 Å². The summed E-state index contributed by atoms with van der Waals surface area (Å²) >= 11 is 3.27. The summed E-state index contributed by atoms with van der Waals surface area (Å²) in [6.07, 6.45) is 3.08. The van der Waals surface area contributed by atoms with Crippen molar-refractivity contribution >= 4 is 27.4 Å². The number of aromatic nitrogens is 3. The highest BCUT2D eigenvalue weighted by Gasteiger charge is 2.09. The third kappa shape index (κ3) is 1.42. The molecule has 72 valence electrons. The maximum Gasteiger partial charge on any atom is 0.189 e. The average molecular weight is 256 g/mol. The predicted molar refractivity (Wildman–Crippen MR) is 52.1 cm³/mol. The number of hydrogen-bond acceptors (Lipinski definition) is 4. The van der Waals surface area contributed by atoms with Gasteiger partial charge in [-0.3, -0.25) is 9.20 Å². The number of carbonyl (C=O) groups is 1. The number of aliphatic hydroxyl groups is 1. The summed E-state index contributed by atoms with van der Waals surface area (Å²) in [5, 5.41) is 16.2. The molecule has 2 heterocycles. The van der Waals surface area contributed by atoms with Gasteiger partial charge in [0.05, 0.1) is 4.47 Å². The molecule has 0 aliphatic carbocycles. The number of nitrogens with zero attached hydrogens (tertiary/aromatic N) is 3. The molecule has 0 aliphatic heterocycles. The van der Waals surface area contributed by atoms with E-state index in [-0.39, 0.29) is 5.78 Å². The summed E-state index contributed by atoms with van der Waals surface area (Å²) < 4.78 is 2.29. The van der Waals surface area contributed by atoms with Crippen molar-refractivity contribution in [1.82, 2.24) is 14.6 Å². The Morgan fingerprint density at radius 2 is 2.43 bits per heavy atom. The van der Waals surface area contributed by atoms with Gasteiger partial charge in [-0.15, -0.1) is 10.2 Å². The van der Waals surface area contributed by atoms with Crippen LogP contribution in [0, 0.1) is 0 Å². The molecule has 0 unspecified atom stereocenters. The Morgan fingerprint density at radius 3 is 3.14 bits per heavy atom. The van der Waals surface area contributed by atoms with Crippen molar-refractivity contribution in [2.45, 2.75) is 0 Å². The minimum Gasteiger partial charge on any atom is -0.388 e. The first kappa shape index (κ1) is 9.29. The zero-order valence-corrected chi connectivity index (χ0v) is 8.60. The molecule has 0 atom stereocenters. The molecule has 2 rings (SSSR count). The van der Waals surface area contributed by atoms with Crippen molar-refractivity contribution < 1.29 is 9.90 Å². The maximum atomic E-state index is 11.2. The Balaban J connectivity index is 2.64. The van der Waals surface area contributed by atoms with Gasteiger partial charge in [-0.05, 0) is 22.0 Å². The number of hydrogen-bond donors (Lipinski definition) is 1. The highest BCUT2D eigenvalue weighted by atomic mass is 79.9. The molecule has 0 saturated heterocycles. The lowest BCUT2D eigenvalue weighted by molar-refractivity contribution is 0.0903. The van der Waals surface area contributed by atoms with E-state index in [0.29, 0.717) is 15.7 Å². The Labute approximate surface area is 87.5 Å². The van der Waals surface area contributed by atoms with Gasteiger partial charge in [0.15, 0.2) is 11.4 Å². The summed E-state index contributed by atoms with van der Waals surface area (Å²) in [5.41, 5.74) is 1.06. The predicted octanol–water partition coefficient (Wildman–Crippen LogP) is 0.667. The molecule has 5 nitrogen and oxygen atoms in total. The van der Waals surface area contributed by atoms with Crippen LogP contribution in [0.15, 0.2) is 23.1 Å². The number of carbonyl (C=O) groups excluding carboxylic acids is 1. The molecule has 0 fully saturated rings. The molecule has 0 amide bonds. The number of halogens is 1. The maximum absolute atomic E-state index is 11.2. The lowest BCUT2D eigenvalue weighted by atomic mass is 10.2. The van der Waals surface area contributed by atoms with Crippen LogP contribution in [0.2, 0.25) is 0 Å². The third-order valence-corrected chi connectivity index (χ3v) is 2.40. The van der Waals surface area contributed by atoms with E-state index >= 15 is 0 Å². The second-order valence-electron chi connectivity index (χ2n) is 2.72. The molecular formula is C8H6BrN3O2. The summed E-state index contributed by atoms with van der Waals surface area (Å²) in [6.45, 7) is -0.500. The van der Waals surface area contributed by atoms with Crippen LogP contribution in [0.3, 0.4) is 0 Å². The number of ketones is 1. The number of rotatable bonds is 2. The molecule has 0 bridgehead atoms. The van der Waals surface area contributed by atoms with E-state index in [9.17, 15) is 4.79 Å². The molecule has 14 heavy (non-hydrogen) atoms. The van der Waals surface area contributed by atoms with E-state index in [1.165, 1.54) is 6.33 Å². The summed E-state index contributed by atoms with van der Waals surface area (Å²) in [6, 6.07) is 1.61. The van der Waals surface area contributed by atoms with E-state index in [2.05, 4.69) is 26.1 Å². The molecule has 0 aliphatic rings. The van der Waals surface area contributed by atoms with E-state index < -0.39 is 6.61 Å². The lowest BCUT2D eigenvalue weighted by Gasteiger charge is -2.00. The Kier molecular flexibility index (Phi) is 2.30. The normalized spacial score (nSPS) is 10.7. The van der Waals surface area contributed by atoms with Crippen molar-refractivity contribution in [2.24, 2.45) is 0 Å². The number of fused-ring (bicyclic) bond motifs is 1. The Morgan fingerprint density at radius 1 is 1.64 bits per heavy atom. The van der Waals surface area contributed by atoms with Crippen LogP contribution >= 0.6 is 15.9 Å². The van der Waals surface area contributed by atoms with Crippen LogP contribution in [0.5, 0.6) is 0 Å². The van der Waals surface area contributed by atoms with Crippen LogP contribution in [-0.2, 0) is 0 Å². The first-order chi connectivity index (χ1) is 6.72. The highest BCUT2D eigenvalue weighted by Crippen LogP contribution is 2.17. The van der Waals surface area contributed by atoms with Gasteiger partial charge in [0, 0.05) is 11.8 Å². The minimum atomic E-state index is -0.500. The fraction of sp³-hybridized carbons (Fsp3) is 0.125. The fourth-order valence-electron chi connectivity index (χ4n) is 1.14. The molecule has 2 aromatic rings. The van der Waals surface area contributed by atoms with Crippen molar-refractivity contribution in [3.8, 4) is 0 Å². The smallest absolute Gasteiger partial charge is 0.189 e. The molecule has 1 N–H and O–H groups in total. The number of pyridine rings is 1. The summed E-state index contributed by atoms with van der Waals surface area (Å²) in [4.78, 5) is 11.2. The Bertz CT molecular complexity index is 494. The van der Waals surface area contributed by atoms with Crippen molar-refractivity contribution in [2.75, 3.05) is 6.61 Å². The van der Waals surface area contributed by atoms with E-state index in [4.69, 9.17) is 5.11 Å². The average Bonchev–Trinajstić information content (AvgIpc) is 2.64. The van der Waals surface area contributed by atoms with Gasteiger partial charge in [-0.25, -0.2) is 0 Å². The van der Waals surface area contributed by atoms with Gasteiger partial charge in [-0.2, -0.15) is 0 Å². The molecule has 0 spiro atoms. The SMILES string of the molecule is O=C(CO)c1cc(Br)c2nncn2c1. The van der Waals surface area contributed by atoms with Gasteiger partial charge in [0.1, 0.15) is 12.9 Å². The van der Waals surface area contributed by atoms with E-state index in [1.54, 1.807) is 16.7 Å². The lowest BCUT2D eigenvalue weighted by Crippen LogP contribution is -2.05. The second kappa shape index (κ2) is 3.47. The van der Waals surface area contributed by atoms with Crippen molar-refractivity contribution in [1.29, 1.82) is 0 Å². The van der Waals surface area contributed by atoms with E-state index in [1.807, 2.05) is 0 Å². The topological polar surface area (TPSA) is 67.5 Å². The third-order valence-electron chi connectivity index (χ3n) is 1.81. The number of aliphatic hydroxyl groups excluding tert-OH is 1. The quantitative estimate of drug-likeness (QED) is 0.802. The molecule has 0 radical (unpaired) electrons. The highest BCUT2D eigenvalue weighted by molar-refractivity contribution is 9.10. The first-order valence-electron chi connectivity index (χ1n) is 3.85. The van der Waals surface area contributed by atoms with Gasteiger partial charge in [-0.1, -0.05) is 0 Å². The van der Waals surface area contributed by atoms with E-state index in [0.717, 1.165) is 0 Å². The number of Topliss-reactive ketones (excluding diaryl/α,β-unsaturated/α-hetero) is 1. The second-order valence-corrected chi connectivity index (χ2v) is 3.57. The summed E-state index contributed by atoms with van der Waals surface area (Å²) in [7, 11) is 0. The molecule has 0 saturated carbocycles. The van der Waals surface area contributed by atoms with Crippen molar-refractivity contribution in [3.05, 3.63) is 28.6 Å². The van der Waals surface area contributed by atoms with Gasteiger partial charge >= 0.3 is 0 Å². The largest absolute Gasteiger partial charge is 0.388 e. The van der Waals surface area contributed by atoms with Crippen LogP contribution < -0.4 is 0 Å². The van der Waals surface area contributed by atoms with Crippen LogP contribution in [0.1, 0.15) is 10.4 Å². The van der Waals surface area contributed by atoms with Crippen molar-refractivity contribution in [3.63, 3.8) is 0 Å². The molecule has 0 aromatic carbocycles. The fourth-order valence-corrected chi connectivity index (χ4v) is 1.67. The van der Waals surface area contributed by atoms with Gasteiger partial charge in [0.25, 0.3) is 0 Å². The molecule has 6 heteroatoms. The monoisotopic (exact) mass is 255 g/mol. The first-order valence-corrected chi connectivity index (χ1v) is 4.64.